The fourth-order valence-electron chi connectivity index (χ4n) is 2.91. The molecule has 0 unspecified atom stereocenters. The number of carbonyl (C=O) groups is 1. The molecule has 2 aromatic rings. The number of phenolic OH excluding ortho intramolecular Hbond substituents is 1. The van der Waals surface area contributed by atoms with Crippen LogP contribution in [-0.4, -0.2) is 42.1 Å². The number of phenols is 1. The topological polar surface area (TPSA) is 92.9 Å². The predicted molar refractivity (Wildman–Crippen MR) is 97.6 cm³/mol. The van der Waals surface area contributed by atoms with Gasteiger partial charge in [-0.25, -0.2) is 4.39 Å². The number of hydrogen-bond acceptors (Lipinski definition) is 6. The Morgan fingerprint density at radius 3 is 2.70 bits per heavy atom. The van der Waals surface area contributed by atoms with Crippen molar-refractivity contribution in [3.63, 3.8) is 0 Å². The van der Waals surface area contributed by atoms with Crippen molar-refractivity contribution in [3.8, 4) is 5.75 Å². The predicted octanol–water partition coefficient (Wildman–Crippen LogP) is 3.17. The van der Waals surface area contributed by atoms with Crippen molar-refractivity contribution in [3.05, 3.63) is 69.5 Å². The highest BCUT2D eigenvalue weighted by molar-refractivity contribution is 6.10. The molecule has 27 heavy (non-hydrogen) atoms. The Morgan fingerprint density at radius 2 is 2.00 bits per heavy atom. The summed E-state index contributed by atoms with van der Waals surface area (Å²) in [7, 11) is 0. The molecule has 1 saturated heterocycles. The first-order valence-corrected chi connectivity index (χ1v) is 8.28. The molecule has 1 aliphatic rings. The monoisotopic (exact) mass is 372 g/mol. The molecule has 2 aromatic carbocycles. The first kappa shape index (κ1) is 18.5. The zero-order chi connectivity index (χ0) is 19.4. The van der Waals surface area contributed by atoms with Crippen molar-refractivity contribution in [2.45, 2.75) is 0 Å². The van der Waals surface area contributed by atoms with E-state index in [9.17, 15) is 24.4 Å². The van der Waals surface area contributed by atoms with Gasteiger partial charge in [0.05, 0.1) is 35.0 Å². The second-order valence-corrected chi connectivity index (χ2v) is 5.93. The summed E-state index contributed by atoms with van der Waals surface area (Å²) in [6.07, 6.45) is 2.28. The lowest BCUT2D eigenvalue weighted by Gasteiger charge is -2.30. The summed E-state index contributed by atoms with van der Waals surface area (Å²) in [6, 6.07) is 7.88. The highest BCUT2D eigenvalue weighted by atomic mass is 19.1. The van der Waals surface area contributed by atoms with E-state index < -0.39 is 16.5 Å². The van der Waals surface area contributed by atoms with Crippen molar-refractivity contribution >= 4 is 23.2 Å². The van der Waals surface area contributed by atoms with Crippen LogP contribution in [-0.2, 0) is 4.74 Å². The molecule has 7 nitrogen and oxygen atoms in total. The van der Waals surface area contributed by atoms with Crippen molar-refractivity contribution in [2.75, 3.05) is 31.2 Å². The quantitative estimate of drug-likeness (QED) is 0.375. The molecule has 1 fully saturated rings. The maximum atomic E-state index is 14.4. The van der Waals surface area contributed by atoms with E-state index in [-0.39, 0.29) is 22.6 Å². The molecular formula is C19H17FN2O5. The lowest BCUT2D eigenvalue weighted by molar-refractivity contribution is -0.385. The molecule has 0 saturated carbocycles. The van der Waals surface area contributed by atoms with Gasteiger partial charge in [0.1, 0.15) is 11.6 Å². The van der Waals surface area contributed by atoms with Gasteiger partial charge in [0, 0.05) is 19.2 Å². The van der Waals surface area contributed by atoms with Gasteiger partial charge >= 0.3 is 0 Å². The Labute approximate surface area is 154 Å². The van der Waals surface area contributed by atoms with E-state index in [0.29, 0.717) is 32.0 Å². The van der Waals surface area contributed by atoms with Crippen LogP contribution in [0.2, 0.25) is 0 Å². The minimum atomic E-state index is -0.668. The first-order valence-electron chi connectivity index (χ1n) is 8.28. The minimum Gasteiger partial charge on any atom is -0.508 e. The van der Waals surface area contributed by atoms with Gasteiger partial charge in [0.2, 0.25) is 0 Å². The fourth-order valence-corrected chi connectivity index (χ4v) is 2.91. The molecule has 8 heteroatoms. The number of benzene rings is 2. The number of halogens is 1. The molecule has 0 radical (unpaired) electrons. The van der Waals surface area contributed by atoms with E-state index in [4.69, 9.17) is 4.74 Å². The molecule has 0 amide bonds. The number of allylic oxidation sites excluding steroid dienone is 1. The van der Waals surface area contributed by atoms with Crippen molar-refractivity contribution < 1.29 is 24.0 Å². The Hall–Kier alpha value is -3.26. The number of ether oxygens (including phenoxy) is 1. The second kappa shape index (κ2) is 7.96. The van der Waals surface area contributed by atoms with Gasteiger partial charge in [-0.2, -0.15) is 0 Å². The first-order chi connectivity index (χ1) is 13.0. The van der Waals surface area contributed by atoms with Crippen LogP contribution in [0.25, 0.3) is 6.08 Å². The van der Waals surface area contributed by atoms with E-state index >= 15 is 0 Å². The van der Waals surface area contributed by atoms with E-state index in [0.717, 1.165) is 12.1 Å². The van der Waals surface area contributed by atoms with Gasteiger partial charge in [0.25, 0.3) is 5.69 Å². The molecule has 140 valence electrons. The number of nitro benzene ring substituents is 1. The van der Waals surface area contributed by atoms with Crippen LogP contribution in [0.3, 0.4) is 0 Å². The average Bonchev–Trinajstić information content (AvgIpc) is 2.66. The molecule has 0 atom stereocenters. The van der Waals surface area contributed by atoms with E-state index in [1.54, 1.807) is 6.07 Å². The Balaban J connectivity index is 1.94. The average molecular weight is 372 g/mol. The SMILES string of the molecule is O=C(C=Cc1cc(O)ccc1[N+](=O)[O-])c1c(F)cccc1N1CCOCC1. The van der Waals surface area contributed by atoms with Gasteiger partial charge in [-0.1, -0.05) is 6.07 Å². The summed E-state index contributed by atoms with van der Waals surface area (Å²) >= 11 is 0. The lowest BCUT2D eigenvalue weighted by atomic mass is 10.0. The molecular weight excluding hydrogens is 355 g/mol. The molecule has 0 aromatic heterocycles. The number of anilines is 1. The molecule has 3 rings (SSSR count). The zero-order valence-corrected chi connectivity index (χ0v) is 14.3. The van der Waals surface area contributed by atoms with Crippen molar-refractivity contribution in [2.24, 2.45) is 0 Å². The third-order valence-electron chi connectivity index (χ3n) is 4.21. The smallest absolute Gasteiger partial charge is 0.276 e. The fraction of sp³-hybridized carbons (Fsp3) is 0.211. The van der Waals surface area contributed by atoms with Gasteiger partial charge in [-0.3, -0.25) is 14.9 Å². The minimum absolute atomic E-state index is 0.0533. The zero-order valence-electron chi connectivity index (χ0n) is 14.3. The third-order valence-corrected chi connectivity index (χ3v) is 4.21. The third kappa shape index (κ3) is 4.12. The number of carbonyl (C=O) groups excluding carboxylic acids is 1. The maximum Gasteiger partial charge on any atom is 0.276 e. The summed E-state index contributed by atoms with van der Waals surface area (Å²) in [4.78, 5) is 25.0. The summed E-state index contributed by atoms with van der Waals surface area (Å²) in [5.41, 5.74) is 0.146. The molecule has 1 aliphatic heterocycles. The van der Waals surface area contributed by atoms with Crippen LogP contribution in [0.5, 0.6) is 5.75 Å². The summed E-state index contributed by atoms with van der Waals surface area (Å²) < 4.78 is 19.7. The van der Waals surface area contributed by atoms with Crippen molar-refractivity contribution in [1.82, 2.24) is 0 Å². The molecule has 0 bridgehead atoms. The number of ketones is 1. The van der Waals surface area contributed by atoms with Gasteiger partial charge in [-0.15, -0.1) is 0 Å². The molecule has 1 N–H and O–H groups in total. The van der Waals surface area contributed by atoms with Crippen LogP contribution in [0.15, 0.2) is 42.5 Å². The van der Waals surface area contributed by atoms with Crippen LogP contribution in [0.4, 0.5) is 15.8 Å². The number of hydrogen-bond donors (Lipinski definition) is 1. The Morgan fingerprint density at radius 1 is 1.26 bits per heavy atom. The highest BCUT2D eigenvalue weighted by Gasteiger charge is 2.21. The van der Waals surface area contributed by atoms with E-state index in [1.807, 2.05) is 4.90 Å². The summed E-state index contributed by atoms with van der Waals surface area (Å²) in [5, 5.41) is 20.6. The van der Waals surface area contributed by atoms with Gasteiger partial charge in [-0.05, 0) is 36.4 Å². The summed E-state index contributed by atoms with van der Waals surface area (Å²) in [5.74, 6) is -1.46. The number of morpholine rings is 1. The molecule has 0 spiro atoms. The van der Waals surface area contributed by atoms with Crippen LogP contribution in [0.1, 0.15) is 15.9 Å². The van der Waals surface area contributed by atoms with Crippen LogP contribution >= 0.6 is 0 Å². The van der Waals surface area contributed by atoms with Crippen LogP contribution in [0, 0.1) is 15.9 Å². The van der Waals surface area contributed by atoms with Gasteiger partial charge < -0.3 is 14.7 Å². The van der Waals surface area contributed by atoms with Gasteiger partial charge in [0.15, 0.2) is 5.78 Å². The Kier molecular flexibility index (Phi) is 5.46. The van der Waals surface area contributed by atoms with Crippen molar-refractivity contribution in [1.29, 1.82) is 0 Å². The number of nitrogens with zero attached hydrogens (tertiary/aromatic N) is 2. The summed E-state index contributed by atoms with van der Waals surface area (Å²) in [6.45, 7) is 2.03. The standard InChI is InChI=1S/C19H17FN2O5/c20-15-2-1-3-17(21-8-10-27-11-9-21)19(15)18(24)7-4-13-12-14(23)5-6-16(13)22(25)26/h1-7,12,23H,8-11H2. The molecule has 1 heterocycles. The molecule has 0 aliphatic carbocycles. The second-order valence-electron chi connectivity index (χ2n) is 5.93. The van der Waals surface area contributed by atoms with Crippen LogP contribution < -0.4 is 4.90 Å². The largest absolute Gasteiger partial charge is 0.508 e. The maximum absolute atomic E-state index is 14.4. The highest BCUT2D eigenvalue weighted by Crippen LogP contribution is 2.27. The number of rotatable bonds is 5. The Bertz CT molecular complexity index is 907. The van der Waals surface area contributed by atoms with E-state index in [2.05, 4.69) is 0 Å². The normalized spacial score (nSPS) is 14.5. The lowest BCUT2D eigenvalue weighted by Crippen LogP contribution is -2.37. The number of nitro groups is 1. The van der Waals surface area contributed by atoms with E-state index in [1.165, 1.54) is 30.3 Å². The number of aromatic hydroxyl groups is 1.